The average Bonchev–Trinajstić information content (AvgIpc) is 2.77. The molecule has 1 atom stereocenters. The molecule has 0 radical (unpaired) electrons. The highest BCUT2D eigenvalue weighted by atomic mass is 32.1. The Morgan fingerprint density at radius 2 is 1.17 bits per heavy atom. The third-order valence-electron chi connectivity index (χ3n) is 4.53. The van der Waals surface area contributed by atoms with Gasteiger partial charge in [-0.3, -0.25) is 9.59 Å². The van der Waals surface area contributed by atoms with Crippen molar-refractivity contribution in [2.24, 2.45) is 0 Å². The molecule has 0 bridgehead atoms. The molecule has 0 N–H and O–H groups in total. The van der Waals surface area contributed by atoms with Crippen LogP contribution in [0.15, 0.2) is 91.0 Å². The molecule has 0 saturated carbocycles. The molecule has 3 nitrogen and oxygen atoms in total. The van der Waals surface area contributed by atoms with Crippen LogP contribution in [0.4, 0.5) is 0 Å². The van der Waals surface area contributed by atoms with Gasteiger partial charge < -0.3 is 4.74 Å². The lowest BCUT2D eigenvalue weighted by Gasteiger charge is -2.22. The second kappa shape index (κ2) is 10.1. The van der Waals surface area contributed by atoms with Crippen LogP contribution in [-0.2, 0) is 14.3 Å². The predicted molar refractivity (Wildman–Crippen MR) is 121 cm³/mol. The lowest BCUT2D eigenvalue weighted by atomic mass is 9.92. The fraction of sp³-hybridized carbons (Fsp3) is 0.125. The Hall–Kier alpha value is -2.76. The highest BCUT2D eigenvalue weighted by Gasteiger charge is 2.29. The number of ether oxygens (including phenoxy) is 1. The van der Waals surface area contributed by atoms with Crippen molar-refractivity contribution in [2.75, 3.05) is 0 Å². The van der Waals surface area contributed by atoms with E-state index in [1.165, 1.54) is 0 Å². The van der Waals surface area contributed by atoms with Crippen LogP contribution in [-0.4, -0.2) is 15.9 Å². The van der Waals surface area contributed by atoms with E-state index in [0.717, 1.165) is 11.1 Å². The van der Waals surface area contributed by atoms with Crippen LogP contribution < -0.4 is 0 Å². The quantitative estimate of drug-likeness (QED) is 0.396. The molecule has 0 fully saturated rings. The highest BCUT2D eigenvalue weighted by Crippen LogP contribution is 2.29. The van der Waals surface area contributed by atoms with E-state index < -0.39 is 17.8 Å². The van der Waals surface area contributed by atoms with Crippen molar-refractivity contribution >= 4 is 40.8 Å². The van der Waals surface area contributed by atoms with Gasteiger partial charge in [0.15, 0.2) is 11.2 Å². The topological polar surface area (TPSA) is 43.4 Å². The van der Waals surface area contributed by atoms with Gasteiger partial charge in [-0.05, 0) is 28.9 Å². The van der Waals surface area contributed by atoms with E-state index in [1.54, 1.807) is 12.1 Å². The second-order valence-corrected chi connectivity index (χ2v) is 7.40. The molecule has 29 heavy (non-hydrogen) atoms. The number of hydrogen-bond acceptors (Lipinski definition) is 4. The van der Waals surface area contributed by atoms with Gasteiger partial charge >= 0.3 is 0 Å². The average molecular weight is 421 g/mol. The molecule has 0 aliphatic heterocycles. The van der Waals surface area contributed by atoms with Crippen LogP contribution in [0, 0.1) is 0 Å². The first-order valence-corrected chi connectivity index (χ1v) is 10.0. The minimum atomic E-state index is -0.721. The van der Waals surface area contributed by atoms with Crippen molar-refractivity contribution < 1.29 is 14.3 Å². The van der Waals surface area contributed by atoms with Crippen molar-refractivity contribution in [2.45, 2.75) is 18.4 Å². The summed E-state index contributed by atoms with van der Waals surface area (Å²) in [4.78, 5) is 24.8. The van der Waals surface area contributed by atoms with E-state index in [1.807, 2.05) is 78.9 Å². The monoisotopic (exact) mass is 420 g/mol. The van der Waals surface area contributed by atoms with E-state index in [9.17, 15) is 9.59 Å². The SMILES string of the molecule is O=C(S)CC(C(=O)C(=S)OC(c1ccccc1)c1ccccc1)c1ccccc1. The van der Waals surface area contributed by atoms with E-state index in [-0.39, 0.29) is 16.6 Å². The lowest BCUT2D eigenvalue weighted by Crippen LogP contribution is -2.26. The fourth-order valence-electron chi connectivity index (χ4n) is 3.11. The first kappa shape index (κ1) is 21.0. The molecule has 3 aromatic rings. The molecule has 0 aliphatic rings. The summed E-state index contributed by atoms with van der Waals surface area (Å²) in [5.41, 5.74) is 2.48. The maximum Gasteiger partial charge on any atom is 0.229 e. The second-order valence-electron chi connectivity index (χ2n) is 6.53. The molecule has 0 aromatic heterocycles. The fourth-order valence-corrected chi connectivity index (χ4v) is 3.53. The van der Waals surface area contributed by atoms with Gasteiger partial charge in [0.05, 0.1) is 5.92 Å². The normalized spacial score (nSPS) is 11.7. The number of thiocarbonyl (C=S) groups is 1. The molecule has 146 valence electrons. The zero-order valence-corrected chi connectivity index (χ0v) is 17.3. The smallest absolute Gasteiger partial charge is 0.229 e. The van der Waals surface area contributed by atoms with Gasteiger partial charge in [0.2, 0.25) is 10.8 Å². The molecule has 3 rings (SSSR count). The van der Waals surface area contributed by atoms with Crippen molar-refractivity contribution in [1.29, 1.82) is 0 Å². The molecule has 0 spiro atoms. The Morgan fingerprint density at radius 3 is 1.59 bits per heavy atom. The minimum Gasteiger partial charge on any atom is -0.468 e. The largest absolute Gasteiger partial charge is 0.468 e. The zero-order valence-electron chi connectivity index (χ0n) is 15.6. The third kappa shape index (κ3) is 5.62. The number of ketones is 1. The van der Waals surface area contributed by atoms with Gasteiger partial charge in [-0.2, -0.15) is 0 Å². The van der Waals surface area contributed by atoms with Crippen LogP contribution in [0.3, 0.4) is 0 Å². The van der Waals surface area contributed by atoms with E-state index in [0.29, 0.717) is 5.56 Å². The Morgan fingerprint density at radius 1 is 0.759 bits per heavy atom. The van der Waals surface area contributed by atoms with Crippen molar-refractivity contribution in [3.05, 3.63) is 108 Å². The Labute approximate surface area is 181 Å². The Bertz CT molecular complexity index is 933. The number of thiol groups is 1. The number of carbonyl (C=O) groups is 2. The van der Waals surface area contributed by atoms with E-state index in [4.69, 9.17) is 17.0 Å². The Balaban J connectivity index is 1.88. The van der Waals surface area contributed by atoms with Crippen LogP contribution in [0.25, 0.3) is 0 Å². The third-order valence-corrected chi connectivity index (χ3v) is 5.01. The zero-order chi connectivity index (χ0) is 20.6. The van der Waals surface area contributed by atoms with Crippen molar-refractivity contribution in [3.8, 4) is 0 Å². The molecular formula is C24H20O3S2. The van der Waals surface area contributed by atoms with Gasteiger partial charge in [-0.25, -0.2) is 0 Å². The number of rotatable bonds is 8. The van der Waals surface area contributed by atoms with Gasteiger partial charge in [0.1, 0.15) is 0 Å². The number of carbonyl (C=O) groups excluding carboxylic acids is 2. The number of hydrogen-bond donors (Lipinski definition) is 1. The molecular weight excluding hydrogens is 400 g/mol. The van der Waals surface area contributed by atoms with Crippen LogP contribution in [0.5, 0.6) is 0 Å². The summed E-state index contributed by atoms with van der Waals surface area (Å²) in [7, 11) is 0. The van der Waals surface area contributed by atoms with Gasteiger partial charge in [-0.15, -0.1) is 12.6 Å². The molecule has 1 unspecified atom stereocenters. The molecule has 0 aliphatic carbocycles. The summed E-state index contributed by atoms with van der Waals surface area (Å²) in [6.07, 6.45) is -0.562. The molecule has 5 heteroatoms. The first-order chi connectivity index (χ1) is 14.1. The van der Waals surface area contributed by atoms with Gasteiger partial charge in [0.25, 0.3) is 0 Å². The number of Topliss-reactive ketones (excluding diaryl/α,β-unsaturated/α-hetero) is 1. The molecule has 0 amide bonds. The maximum absolute atomic E-state index is 13.1. The van der Waals surface area contributed by atoms with Crippen LogP contribution in [0.1, 0.15) is 35.1 Å². The first-order valence-electron chi connectivity index (χ1n) is 9.17. The molecule has 0 saturated heterocycles. The highest BCUT2D eigenvalue weighted by molar-refractivity contribution is 7.96. The summed E-state index contributed by atoms with van der Waals surface area (Å²) < 4.78 is 6.01. The lowest BCUT2D eigenvalue weighted by molar-refractivity contribution is -0.119. The van der Waals surface area contributed by atoms with Crippen molar-refractivity contribution in [3.63, 3.8) is 0 Å². The molecule has 3 aromatic carbocycles. The van der Waals surface area contributed by atoms with Crippen molar-refractivity contribution in [1.82, 2.24) is 0 Å². The maximum atomic E-state index is 13.1. The summed E-state index contributed by atoms with van der Waals surface area (Å²) in [6, 6.07) is 28.3. The predicted octanol–water partition coefficient (Wildman–Crippen LogP) is 5.32. The summed E-state index contributed by atoms with van der Waals surface area (Å²) in [5.74, 6) is -1.12. The molecule has 0 heterocycles. The Kier molecular flexibility index (Phi) is 7.33. The number of benzene rings is 3. The summed E-state index contributed by atoms with van der Waals surface area (Å²) in [6.45, 7) is 0. The van der Waals surface area contributed by atoms with Crippen LogP contribution in [0.2, 0.25) is 0 Å². The van der Waals surface area contributed by atoms with E-state index in [2.05, 4.69) is 12.6 Å². The van der Waals surface area contributed by atoms with E-state index >= 15 is 0 Å². The summed E-state index contributed by atoms with van der Waals surface area (Å²) in [5, 5.41) is -0.524. The summed E-state index contributed by atoms with van der Waals surface area (Å²) >= 11 is 9.23. The van der Waals surface area contributed by atoms with Crippen LogP contribution >= 0.6 is 24.8 Å². The minimum absolute atomic E-state index is 0.0448. The van der Waals surface area contributed by atoms with Gasteiger partial charge in [-0.1, -0.05) is 91.0 Å². The van der Waals surface area contributed by atoms with Gasteiger partial charge in [0, 0.05) is 6.42 Å². The standard InChI is InChI=1S/C24H20O3S2/c25-21(28)16-20(17-10-4-1-5-11-17)22(26)24(29)27-23(18-12-6-2-7-13-18)19-14-8-3-9-15-19/h1-15,20,23H,16H2,(H,25,28).